The number of benzene rings is 1. The van der Waals surface area contributed by atoms with Crippen LogP contribution in [0.15, 0.2) is 29.1 Å². The monoisotopic (exact) mass is 295 g/mol. The minimum atomic E-state index is -1.07. The number of carboxylic acid groups (broad SMARTS) is 1. The number of pyridine rings is 1. The molecule has 1 atom stereocenters. The van der Waals surface area contributed by atoms with Crippen LogP contribution in [0, 0.1) is 0 Å². The van der Waals surface area contributed by atoms with E-state index in [0.29, 0.717) is 21.7 Å². The summed E-state index contributed by atoms with van der Waals surface area (Å²) in [6.07, 6.45) is 0.282. The van der Waals surface area contributed by atoms with Gasteiger partial charge in [-0.1, -0.05) is 18.5 Å². The first-order valence-corrected chi connectivity index (χ1v) is 6.49. The van der Waals surface area contributed by atoms with Gasteiger partial charge in [0.2, 0.25) is 0 Å². The minimum Gasteiger partial charge on any atom is -0.495 e. The first-order valence-electron chi connectivity index (χ1n) is 6.11. The standard InChI is InChI=1S/C14H14ClNO4/c1-3-10(14(18)19)16-12(17)7-4-8-9(15)5-6-11(20-2)13(8)16/h4-7,10H,3H2,1-2H3,(H,18,19). The number of aliphatic carboxylic acids is 1. The third-order valence-electron chi connectivity index (χ3n) is 3.20. The summed E-state index contributed by atoms with van der Waals surface area (Å²) in [7, 11) is 1.46. The van der Waals surface area contributed by atoms with Crippen LogP contribution in [0.2, 0.25) is 5.02 Å². The van der Waals surface area contributed by atoms with Crippen LogP contribution in [0.1, 0.15) is 19.4 Å². The van der Waals surface area contributed by atoms with Gasteiger partial charge >= 0.3 is 5.97 Å². The van der Waals surface area contributed by atoms with E-state index in [1.807, 2.05) is 0 Å². The zero-order valence-corrected chi connectivity index (χ0v) is 11.8. The predicted molar refractivity (Wildman–Crippen MR) is 76.7 cm³/mol. The largest absolute Gasteiger partial charge is 0.495 e. The Morgan fingerprint density at radius 3 is 2.65 bits per heavy atom. The molecule has 0 amide bonds. The maximum Gasteiger partial charge on any atom is 0.326 e. The number of hydrogen-bond donors (Lipinski definition) is 1. The molecule has 0 fully saturated rings. The summed E-state index contributed by atoms with van der Waals surface area (Å²) in [4.78, 5) is 23.5. The van der Waals surface area contributed by atoms with E-state index in [0.717, 1.165) is 0 Å². The number of nitrogens with zero attached hydrogens (tertiary/aromatic N) is 1. The average molecular weight is 296 g/mol. The molecule has 2 aromatic rings. The molecule has 1 unspecified atom stereocenters. The highest BCUT2D eigenvalue weighted by atomic mass is 35.5. The Labute approximate surface area is 120 Å². The van der Waals surface area contributed by atoms with Crippen molar-refractivity contribution in [3.8, 4) is 5.75 Å². The Morgan fingerprint density at radius 1 is 1.40 bits per heavy atom. The van der Waals surface area contributed by atoms with Crippen molar-refractivity contribution in [2.75, 3.05) is 7.11 Å². The fourth-order valence-electron chi connectivity index (χ4n) is 2.26. The molecule has 2 rings (SSSR count). The number of hydrogen-bond acceptors (Lipinski definition) is 3. The maximum absolute atomic E-state index is 12.1. The van der Waals surface area contributed by atoms with E-state index in [4.69, 9.17) is 16.3 Å². The first-order chi connectivity index (χ1) is 9.51. The smallest absolute Gasteiger partial charge is 0.326 e. The number of carboxylic acids is 1. The van der Waals surface area contributed by atoms with Gasteiger partial charge in [-0.05, 0) is 24.6 Å². The molecule has 0 bridgehead atoms. The Morgan fingerprint density at radius 2 is 2.10 bits per heavy atom. The zero-order chi connectivity index (χ0) is 14.9. The molecular weight excluding hydrogens is 282 g/mol. The normalized spacial score (nSPS) is 12.3. The third-order valence-corrected chi connectivity index (χ3v) is 3.53. The van der Waals surface area contributed by atoms with E-state index in [1.54, 1.807) is 25.1 Å². The number of fused-ring (bicyclic) bond motifs is 1. The van der Waals surface area contributed by atoms with Crippen LogP contribution in [0.3, 0.4) is 0 Å². The summed E-state index contributed by atoms with van der Waals surface area (Å²) in [6.45, 7) is 1.71. The molecule has 106 valence electrons. The van der Waals surface area contributed by atoms with E-state index in [-0.39, 0.29) is 6.42 Å². The minimum absolute atomic E-state index is 0.282. The van der Waals surface area contributed by atoms with Crippen molar-refractivity contribution in [3.63, 3.8) is 0 Å². The fourth-order valence-corrected chi connectivity index (χ4v) is 2.47. The van der Waals surface area contributed by atoms with Gasteiger partial charge in [-0.25, -0.2) is 4.79 Å². The van der Waals surface area contributed by atoms with Gasteiger partial charge in [0, 0.05) is 11.5 Å². The molecule has 1 aromatic carbocycles. The van der Waals surface area contributed by atoms with Gasteiger partial charge in [-0.2, -0.15) is 0 Å². The Kier molecular flexibility index (Phi) is 3.99. The van der Waals surface area contributed by atoms with Crippen LogP contribution in [-0.2, 0) is 4.79 Å². The van der Waals surface area contributed by atoms with E-state index in [1.165, 1.54) is 17.7 Å². The molecule has 6 heteroatoms. The number of rotatable bonds is 4. The van der Waals surface area contributed by atoms with Gasteiger partial charge in [0.05, 0.1) is 17.6 Å². The lowest BCUT2D eigenvalue weighted by Crippen LogP contribution is -2.29. The number of ether oxygens (including phenoxy) is 1. The maximum atomic E-state index is 12.1. The van der Waals surface area contributed by atoms with Crippen LogP contribution in [-0.4, -0.2) is 22.8 Å². The summed E-state index contributed by atoms with van der Waals surface area (Å²) in [6, 6.07) is 5.21. The highest BCUT2D eigenvalue weighted by Crippen LogP contribution is 2.32. The Balaban J connectivity index is 2.95. The van der Waals surface area contributed by atoms with Gasteiger partial charge < -0.3 is 9.84 Å². The number of aromatic nitrogens is 1. The quantitative estimate of drug-likeness (QED) is 0.941. The lowest BCUT2D eigenvalue weighted by Gasteiger charge is -2.18. The van der Waals surface area contributed by atoms with Crippen LogP contribution in [0.5, 0.6) is 5.75 Å². The number of halogens is 1. The molecule has 0 aliphatic carbocycles. The molecule has 0 aliphatic rings. The van der Waals surface area contributed by atoms with Crippen molar-refractivity contribution in [2.45, 2.75) is 19.4 Å². The molecule has 0 saturated heterocycles. The van der Waals surface area contributed by atoms with Gasteiger partial charge in [-0.15, -0.1) is 0 Å². The van der Waals surface area contributed by atoms with E-state index >= 15 is 0 Å². The first kappa shape index (κ1) is 14.4. The molecule has 1 heterocycles. The average Bonchev–Trinajstić information content (AvgIpc) is 2.42. The molecule has 20 heavy (non-hydrogen) atoms. The van der Waals surface area contributed by atoms with Crippen molar-refractivity contribution < 1.29 is 14.6 Å². The van der Waals surface area contributed by atoms with Crippen LogP contribution in [0.25, 0.3) is 10.9 Å². The number of methoxy groups -OCH3 is 1. The molecule has 1 N–H and O–H groups in total. The summed E-state index contributed by atoms with van der Waals surface area (Å²) in [5.74, 6) is -0.647. The summed E-state index contributed by atoms with van der Waals surface area (Å²) in [5.41, 5.74) is 0.00840. The lowest BCUT2D eigenvalue weighted by molar-refractivity contribution is -0.140. The Hall–Kier alpha value is -2.01. The van der Waals surface area contributed by atoms with Crippen molar-refractivity contribution in [3.05, 3.63) is 39.6 Å². The van der Waals surface area contributed by atoms with Crippen LogP contribution < -0.4 is 10.3 Å². The topological polar surface area (TPSA) is 68.5 Å². The molecule has 5 nitrogen and oxygen atoms in total. The van der Waals surface area contributed by atoms with Gasteiger partial charge in [0.25, 0.3) is 5.56 Å². The van der Waals surface area contributed by atoms with E-state index < -0.39 is 17.6 Å². The van der Waals surface area contributed by atoms with E-state index in [9.17, 15) is 14.7 Å². The molecule has 0 saturated carbocycles. The summed E-state index contributed by atoms with van der Waals surface area (Å²) < 4.78 is 6.47. The van der Waals surface area contributed by atoms with Crippen molar-refractivity contribution >= 4 is 28.5 Å². The SMILES string of the molecule is CCC(C(=O)O)n1c(=O)ccc2c(Cl)ccc(OC)c21. The molecule has 0 radical (unpaired) electrons. The Bertz CT molecular complexity index is 723. The summed E-state index contributed by atoms with van der Waals surface area (Å²) in [5, 5.41) is 10.3. The predicted octanol–water partition coefficient (Wildman–Crippen LogP) is 2.70. The fraction of sp³-hybridized carbons (Fsp3) is 0.286. The molecular formula is C14H14ClNO4. The van der Waals surface area contributed by atoms with E-state index in [2.05, 4.69) is 0 Å². The van der Waals surface area contributed by atoms with Gasteiger partial charge in [0.1, 0.15) is 11.8 Å². The van der Waals surface area contributed by atoms with Gasteiger partial charge in [-0.3, -0.25) is 9.36 Å². The molecule has 0 aliphatic heterocycles. The van der Waals surface area contributed by atoms with Crippen molar-refractivity contribution in [1.29, 1.82) is 0 Å². The molecule has 0 spiro atoms. The van der Waals surface area contributed by atoms with Gasteiger partial charge in [0.15, 0.2) is 0 Å². The number of carbonyl (C=O) groups is 1. The van der Waals surface area contributed by atoms with Crippen molar-refractivity contribution in [2.24, 2.45) is 0 Å². The zero-order valence-electron chi connectivity index (χ0n) is 11.1. The molecule has 1 aromatic heterocycles. The van der Waals surface area contributed by atoms with Crippen molar-refractivity contribution in [1.82, 2.24) is 4.57 Å². The van der Waals surface area contributed by atoms with Crippen LogP contribution in [0.4, 0.5) is 0 Å². The van der Waals surface area contributed by atoms with Crippen LogP contribution >= 0.6 is 11.6 Å². The second-order valence-corrected chi connectivity index (χ2v) is 4.72. The third kappa shape index (κ3) is 2.25. The second-order valence-electron chi connectivity index (χ2n) is 4.32. The highest BCUT2D eigenvalue weighted by molar-refractivity contribution is 6.35. The second kappa shape index (κ2) is 5.54. The lowest BCUT2D eigenvalue weighted by atomic mass is 10.1. The highest BCUT2D eigenvalue weighted by Gasteiger charge is 2.22. The summed E-state index contributed by atoms with van der Waals surface area (Å²) >= 11 is 6.12.